The van der Waals surface area contributed by atoms with Crippen LogP contribution >= 0.6 is 0 Å². The van der Waals surface area contributed by atoms with Crippen molar-refractivity contribution in [1.29, 1.82) is 0 Å². The number of ketones is 1. The van der Waals surface area contributed by atoms with Crippen LogP contribution in [0.3, 0.4) is 0 Å². The Hall–Kier alpha value is -2.62. The lowest BCUT2D eigenvalue weighted by molar-refractivity contribution is -0.125. The summed E-state index contributed by atoms with van der Waals surface area (Å²) in [6.07, 6.45) is 1.20. The zero-order valence-corrected chi connectivity index (χ0v) is 13.4. The van der Waals surface area contributed by atoms with Crippen LogP contribution in [0.15, 0.2) is 54.6 Å². The molecule has 2 heterocycles. The Morgan fingerprint density at radius 3 is 2.58 bits per heavy atom. The van der Waals surface area contributed by atoms with Crippen molar-refractivity contribution < 1.29 is 14.3 Å². The van der Waals surface area contributed by atoms with E-state index in [2.05, 4.69) is 6.07 Å². The van der Waals surface area contributed by atoms with Gasteiger partial charge in [0, 0.05) is 18.9 Å². The van der Waals surface area contributed by atoms with Crippen LogP contribution in [0.4, 0.5) is 4.79 Å². The number of benzene rings is 2. The second kappa shape index (κ2) is 6.11. The molecule has 1 saturated heterocycles. The van der Waals surface area contributed by atoms with Crippen LogP contribution in [0.1, 0.15) is 35.6 Å². The van der Waals surface area contributed by atoms with E-state index in [4.69, 9.17) is 4.74 Å². The predicted molar refractivity (Wildman–Crippen MR) is 89.4 cm³/mol. The lowest BCUT2D eigenvalue weighted by Gasteiger charge is -2.45. The fraction of sp³-hybridized carbons (Fsp3) is 0.300. The minimum Gasteiger partial charge on any atom is -0.445 e. The molecule has 0 saturated carbocycles. The van der Waals surface area contributed by atoms with Gasteiger partial charge in [0.1, 0.15) is 12.4 Å². The molecule has 122 valence electrons. The highest BCUT2D eigenvalue weighted by atomic mass is 16.6. The lowest BCUT2D eigenvalue weighted by atomic mass is 9.80. The Morgan fingerprint density at radius 1 is 1.00 bits per heavy atom. The SMILES string of the molecule is O=C1CC2Cc3ccccc3[C@H](C1)N2C(=O)OCc1ccccc1. The minimum atomic E-state index is -0.323. The van der Waals surface area contributed by atoms with Gasteiger partial charge in [-0.05, 0) is 23.1 Å². The standard InChI is InChI=1S/C20H19NO3/c22-17-11-16-10-15-8-4-5-9-18(15)19(12-17)21(16)20(23)24-13-14-6-2-1-3-7-14/h1-9,16,19H,10-13H2/t16?,19-/m0/s1. The van der Waals surface area contributed by atoms with Crippen LogP contribution in [0.2, 0.25) is 0 Å². The Kier molecular flexibility index (Phi) is 3.81. The molecule has 4 nitrogen and oxygen atoms in total. The van der Waals surface area contributed by atoms with E-state index in [0.29, 0.717) is 12.8 Å². The van der Waals surface area contributed by atoms with Gasteiger partial charge in [-0.15, -0.1) is 0 Å². The highest BCUT2D eigenvalue weighted by Crippen LogP contribution is 2.40. The van der Waals surface area contributed by atoms with Gasteiger partial charge in [-0.2, -0.15) is 0 Å². The number of amides is 1. The van der Waals surface area contributed by atoms with Crippen LogP contribution in [0, 0.1) is 0 Å². The summed E-state index contributed by atoms with van der Waals surface area (Å²) in [6, 6.07) is 17.5. The fourth-order valence-electron chi connectivity index (χ4n) is 3.81. The number of piperidine rings is 1. The van der Waals surface area contributed by atoms with Crippen molar-refractivity contribution in [3.8, 4) is 0 Å². The third-order valence-electron chi connectivity index (χ3n) is 4.90. The maximum Gasteiger partial charge on any atom is 0.410 e. The highest BCUT2D eigenvalue weighted by Gasteiger charge is 2.43. The number of rotatable bonds is 2. The maximum atomic E-state index is 12.7. The van der Waals surface area contributed by atoms with E-state index >= 15 is 0 Å². The molecule has 0 N–H and O–H groups in total. The van der Waals surface area contributed by atoms with Crippen LogP contribution in [-0.2, 0) is 22.6 Å². The molecule has 2 aliphatic rings. The fourth-order valence-corrected chi connectivity index (χ4v) is 3.81. The van der Waals surface area contributed by atoms with E-state index in [1.807, 2.05) is 48.5 Å². The average Bonchev–Trinajstić information content (AvgIpc) is 2.60. The zero-order chi connectivity index (χ0) is 16.5. The molecule has 2 aromatic carbocycles. The van der Waals surface area contributed by atoms with E-state index in [0.717, 1.165) is 17.5 Å². The summed E-state index contributed by atoms with van der Waals surface area (Å²) in [7, 11) is 0. The van der Waals surface area contributed by atoms with E-state index < -0.39 is 0 Å². The van der Waals surface area contributed by atoms with Crippen molar-refractivity contribution in [2.45, 2.75) is 38.0 Å². The summed E-state index contributed by atoms with van der Waals surface area (Å²) >= 11 is 0. The Bertz CT molecular complexity index is 771. The number of ether oxygens (including phenoxy) is 1. The van der Waals surface area contributed by atoms with E-state index in [-0.39, 0.29) is 30.6 Å². The Labute approximate surface area is 141 Å². The molecule has 1 unspecified atom stereocenters. The number of nitrogens with zero attached hydrogens (tertiary/aromatic N) is 1. The largest absolute Gasteiger partial charge is 0.445 e. The molecule has 2 aromatic rings. The van der Waals surface area contributed by atoms with E-state index in [9.17, 15) is 9.59 Å². The normalized spacial score (nSPS) is 22.0. The first-order valence-corrected chi connectivity index (χ1v) is 8.31. The summed E-state index contributed by atoms with van der Waals surface area (Å²) in [4.78, 5) is 26.5. The third kappa shape index (κ3) is 2.68. The van der Waals surface area contributed by atoms with Gasteiger partial charge in [0.05, 0.1) is 6.04 Å². The van der Waals surface area contributed by atoms with E-state index in [1.54, 1.807) is 4.90 Å². The first-order valence-electron chi connectivity index (χ1n) is 8.31. The second-order valence-corrected chi connectivity index (χ2v) is 6.47. The number of carbonyl (C=O) groups is 2. The number of hydrogen-bond donors (Lipinski definition) is 0. The average molecular weight is 321 g/mol. The molecule has 4 rings (SSSR count). The summed E-state index contributed by atoms with van der Waals surface area (Å²) < 4.78 is 5.53. The molecular weight excluding hydrogens is 302 g/mol. The summed E-state index contributed by atoms with van der Waals surface area (Å²) in [5, 5.41) is 0. The Balaban J connectivity index is 1.56. The van der Waals surface area contributed by atoms with Crippen molar-refractivity contribution in [1.82, 2.24) is 4.90 Å². The predicted octanol–water partition coefficient (Wildman–Crippen LogP) is 3.65. The Morgan fingerprint density at radius 2 is 1.75 bits per heavy atom. The first kappa shape index (κ1) is 14.9. The van der Waals surface area contributed by atoms with Crippen molar-refractivity contribution in [2.75, 3.05) is 0 Å². The van der Waals surface area contributed by atoms with Crippen molar-refractivity contribution in [3.05, 3.63) is 71.3 Å². The van der Waals surface area contributed by atoms with Crippen molar-refractivity contribution in [2.24, 2.45) is 0 Å². The van der Waals surface area contributed by atoms with Gasteiger partial charge in [0.2, 0.25) is 0 Å². The van der Waals surface area contributed by atoms with Crippen LogP contribution < -0.4 is 0 Å². The van der Waals surface area contributed by atoms with Crippen molar-refractivity contribution >= 4 is 11.9 Å². The molecule has 0 aliphatic carbocycles. The molecule has 2 bridgehead atoms. The third-order valence-corrected chi connectivity index (χ3v) is 4.90. The van der Waals surface area contributed by atoms with Crippen LogP contribution in [0.5, 0.6) is 0 Å². The second-order valence-electron chi connectivity index (χ2n) is 6.47. The number of fused-ring (bicyclic) bond motifs is 4. The van der Waals surface area contributed by atoms with Crippen LogP contribution in [0.25, 0.3) is 0 Å². The zero-order valence-electron chi connectivity index (χ0n) is 13.4. The molecule has 0 aromatic heterocycles. The molecule has 2 aliphatic heterocycles. The van der Waals surface area contributed by atoms with Gasteiger partial charge in [0.25, 0.3) is 0 Å². The van der Waals surface area contributed by atoms with Crippen LogP contribution in [-0.4, -0.2) is 22.8 Å². The molecule has 4 heteroatoms. The summed E-state index contributed by atoms with van der Waals surface area (Å²) in [5.41, 5.74) is 3.29. The molecule has 0 radical (unpaired) electrons. The molecule has 1 fully saturated rings. The lowest BCUT2D eigenvalue weighted by Crippen LogP contribution is -2.52. The van der Waals surface area contributed by atoms with Gasteiger partial charge in [0.15, 0.2) is 0 Å². The molecule has 1 amide bonds. The number of hydrogen-bond acceptors (Lipinski definition) is 3. The molecule has 24 heavy (non-hydrogen) atoms. The van der Waals surface area contributed by atoms with Gasteiger partial charge in [-0.1, -0.05) is 54.6 Å². The molecule has 0 spiro atoms. The smallest absolute Gasteiger partial charge is 0.410 e. The van der Waals surface area contributed by atoms with Crippen molar-refractivity contribution in [3.63, 3.8) is 0 Å². The minimum absolute atomic E-state index is 0.0885. The van der Waals surface area contributed by atoms with Gasteiger partial charge < -0.3 is 4.74 Å². The van der Waals surface area contributed by atoms with Gasteiger partial charge in [-0.25, -0.2) is 4.79 Å². The maximum absolute atomic E-state index is 12.7. The van der Waals surface area contributed by atoms with E-state index in [1.165, 1.54) is 5.56 Å². The van der Waals surface area contributed by atoms with Gasteiger partial charge >= 0.3 is 6.09 Å². The first-order chi connectivity index (χ1) is 11.7. The summed E-state index contributed by atoms with van der Waals surface area (Å²) in [5.74, 6) is 0.228. The topological polar surface area (TPSA) is 46.6 Å². The van der Waals surface area contributed by atoms with Gasteiger partial charge in [-0.3, -0.25) is 9.69 Å². The number of carbonyl (C=O) groups excluding carboxylic acids is 2. The summed E-state index contributed by atoms with van der Waals surface area (Å²) in [6.45, 7) is 0.255. The molecular formula is C20H19NO3. The monoisotopic (exact) mass is 321 g/mol. The molecule has 2 atom stereocenters. The number of Topliss-reactive ketones (excluding diaryl/α,β-unsaturated/α-hetero) is 1. The highest BCUT2D eigenvalue weighted by molar-refractivity contribution is 5.84. The quantitative estimate of drug-likeness (QED) is 0.848.